The number of carbonyl (C=O) groups excluding carboxylic acids is 1. The first kappa shape index (κ1) is 18.2. The van der Waals surface area contributed by atoms with Crippen molar-refractivity contribution in [2.24, 2.45) is 11.8 Å². The first-order chi connectivity index (χ1) is 11.6. The molecule has 0 saturated carbocycles. The van der Waals surface area contributed by atoms with Gasteiger partial charge in [-0.25, -0.2) is 0 Å². The Morgan fingerprint density at radius 3 is 2.38 bits per heavy atom. The van der Waals surface area contributed by atoms with Gasteiger partial charge in [-0.15, -0.1) is 0 Å². The normalized spacial score (nSPS) is 31.0. The van der Waals surface area contributed by atoms with Crippen LogP contribution >= 0.6 is 0 Å². The number of amides is 1. The first-order valence-electron chi connectivity index (χ1n) is 10.4. The highest BCUT2D eigenvalue weighted by atomic mass is 16.2. The molecule has 24 heavy (non-hydrogen) atoms. The molecular formula is C20H37N3O. The second kappa shape index (κ2) is 8.66. The van der Waals surface area contributed by atoms with E-state index in [1.165, 1.54) is 64.5 Å². The van der Waals surface area contributed by atoms with E-state index in [0.717, 1.165) is 25.4 Å². The van der Waals surface area contributed by atoms with Crippen LogP contribution in [0.5, 0.6) is 0 Å². The number of unbranched alkanes of at least 4 members (excludes halogenated alkanes) is 1. The second-order valence-electron chi connectivity index (χ2n) is 8.62. The minimum absolute atomic E-state index is 0.430. The van der Waals surface area contributed by atoms with Crippen molar-refractivity contribution in [1.29, 1.82) is 0 Å². The Hall–Kier alpha value is -0.610. The number of carbonyl (C=O) groups is 1. The molecule has 4 heteroatoms. The number of rotatable bonds is 7. The van der Waals surface area contributed by atoms with Gasteiger partial charge in [0.05, 0.1) is 0 Å². The lowest BCUT2D eigenvalue weighted by atomic mass is 9.88. The molecule has 0 aromatic heterocycles. The van der Waals surface area contributed by atoms with Crippen molar-refractivity contribution < 1.29 is 4.79 Å². The molecule has 3 fully saturated rings. The maximum absolute atomic E-state index is 12.7. The number of hydrogen-bond acceptors (Lipinski definition) is 3. The summed E-state index contributed by atoms with van der Waals surface area (Å²) in [7, 11) is 2.25. The maximum Gasteiger partial charge on any atom is 0.222 e. The van der Waals surface area contributed by atoms with Crippen LogP contribution in [-0.4, -0.2) is 61.0 Å². The number of hydrogen-bond donors (Lipinski definition) is 1. The molecule has 3 heterocycles. The third-order valence-electron chi connectivity index (χ3n) is 6.46. The fourth-order valence-corrected chi connectivity index (χ4v) is 5.04. The minimum atomic E-state index is 0.430. The average molecular weight is 336 g/mol. The summed E-state index contributed by atoms with van der Waals surface area (Å²) in [6.45, 7) is 6.66. The fraction of sp³-hybridized carbons (Fsp3) is 0.950. The first-order valence-corrected chi connectivity index (χ1v) is 10.4. The van der Waals surface area contributed by atoms with E-state index < -0.39 is 0 Å². The Balaban J connectivity index is 1.36. The Kier molecular flexibility index (Phi) is 6.56. The summed E-state index contributed by atoms with van der Waals surface area (Å²) < 4.78 is 0. The quantitative estimate of drug-likeness (QED) is 0.777. The van der Waals surface area contributed by atoms with E-state index in [9.17, 15) is 4.79 Å². The van der Waals surface area contributed by atoms with Crippen LogP contribution in [0.25, 0.3) is 0 Å². The molecule has 1 N–H and O–H groups in total. The van der Waals surface area contributed by atoms with Crippen molar-refractivity contribution in [2.45, 2.75) is 76.8 Å². The number of piperidine rings is 2. The summed E-state index contributed by atoms with van der Waals surface area (Å²) in [6.07, 6.45) is 10.9. The molecule has 3 aliphatic heterocycles. The molecule has 0 aromatic carbocycles. The topological polar surface area (TPSA) is 35.6 Å². The number of fused-ring (bicyclic) bond motifs is 2. The highest BCUT2D eigenvalue weighted by molar-refractivity contribution is 5.76. The fourth-order valence-electron chi connectivity index (χ4n) is 5.04. The van der Waals surface area contributed by atoms with Crippen LogP contribution < -0.4 is 5.32 Å². The van der Waals surface area contributed by atoms with Crippen LogP contribution in [0.3, 0.4) is 0 Å². The van der Waals surface area contributed by atoms with Crippen molar-refractivity contribution in [3.05, 3.63) is 0 Å². The molecule has 2 unspecified atom stereocenters. The smallest absolute Gasteiger partial charge is 0.222 e. The Bertz CT molecular complexity index is 394. The summed E-state index contributed by atoms with van der Waals surface area (Å²) in [6, 6.07) is 1.40. The van der Waals surface area contributed by atoms with Gasteiger partial charge >= 0.3 is 0 Å². The van der Waals surface area contributed by atoms with Crippen molar-refractivity contribution >= 4 is 5.91 Å². The average Bonchev–Trinajstić information content (AvgIpc) is 2.92. The molecule has 138 valence electrons. The van der Waals surface area contributed by atoms with Crippen LogP contribution in [0.15, 0.2) is 0 Å². The highest BCUT2D eigenvalue weighted by Gasteiger charge is 2.35. The van der Waals surface area contributed by atoms with E-state index in [0.29, 0.717) is 23.9 Å². The van der Waals surface area contributed by atoms with Crippen LogP contribution in [-0.2, 0) is 4.79 Å². The summed E-state index contributed by atoms with van der Waals surface area (Å²) in [5.41, 5.74) is 0. The number of nitrogens with one attached hydrogen (secondary N) is 1. The second-order valence-corrected chi connectivity index (χ2v) is 8.62. The third kappa shape index (κ3) is 4.95. The zero-order chi connectivity index (χ0) is 16.9. The van der Waals surface area contributed by atoms with Gasteiger partial charge in [0.1, 0.15) is 0 Å². The van der Waals surface area contributed by atoms with E-state index in [1.807, 2.05) is 0 Å². The molecule has 0 radical (unpaired) electrons. The van der Waals surface area contributed by atoms with E-state index >= 15 is 0 Å². The van der Waals surface area contributed by atoms with Gasteiger partial charge in [0.2, 0.25) is 5.91 Å². The minimum Gasteiger partial charge on any atom is -0.343 e. The Morgan fingerprint density at radius 2 is 1.75 bits per heavy atom. The standard InChI is InChI=1S/C20H37N3O/c1-3-4-9-22(2)15-16-7-10-23(11-8-16)20(24)14-17-12-18-5-6-19(13-17)21-18/h16-19,21H,3-15H2,1-2H3. The highest BCUT2D eigenvalue weighted by Crippen LogP contribution is 2.33. The zero-order valence-electron chi connectivity index (χ0n) is 15.8. The van der Waals surface area contributed by atoms with Gasteiger partial charge in [0.25, 0.3) is 0 Å². The SMILES string of the molecule is CCCCN(C)CC1CCN(C(=O)CC2CC3CCC(C2)N3)CC1. The number of likely N-dealkylation sites (tertiary alicyclic amines) is 1. The van der Waals surface area contributed by atoms with Crippen molar-refractivity contribution in [1.82, 2.24) is 15.1 Å². The molecule has 1 amide bonds. The van der Waals surface area contributed by atoms with Crippen LogP contribution in [0.2, 0.25) is 0 Å². The third-order valence-corrected chi connectivity index (χ3v) is 6.46. The van der Waals surface area contributed by atoms with E-state index in [2.05, 4.69) is 29.1 Å². The lowest BCUT2D eigenvalue weighted by Gasteiger charge is -2.35. The maximum atomic E-state index is 12.7. The van der Waals surface area contributed by atoms with Crippen molar-refractivity contribution in [3.8, 4) is 0 Å². The molecule has 0 aromatic rings. The van der Waals surface area contributed by atoms with Crippen molar-refractivity contribution in [3.63, 3.8) is 0 Å². The van der Waals surface area contributed by atoms with Gasteiger partial charge in [0.15, 0.2) is 0 Å². The largest absolute Gasteiger partial charge is 0.343 e. The molecule has 0 aliphatic carbocycles. The van der Waals surface area contributed by atoms with E-state index in [-0.39, 0.29) is 0 Å². The van der Waals surface area contributed by atoms with Crippen LogP contribution in [0.1, 0.15) is 64.7 Å². The van der Waals surface area contributed by atoms with Gasteiger partial charge in [-0.2, -0.15) is 0 Å². The predicted molar refractivity (Wildman–Crippen MR) is 99.0 cm³/mol. The zero-order valence-corrected chi connectivity index (χ0v) is 15.8. The van der Waals surface area contributed by atoms with Crippen LogP contribution in [0.4, 0.5) is 0 Å². The van der Waals surface area contributed by atoms with E-state index in [4.69, 9.17) is 0 Å². The lowest BCUT2D eigenvalue weighted by molar-refractivity contribution is -0.134. The molecule has 0 spiro atoms. The monoisotopic (exact) mass is 335 g/mol. The van der Waals surface area contributed by atoms with E-state index in [1.54, 1.807) is 0 Å². The number of nitrogens with zero attached hydrogens (tertiary/aromatic N) is 2. The molecule has 3 rings (SSSR count). The summed E-state index contributed by atoms with van der Waals surface area (Å²) >= 11 is 0. The van der Waals surface area contributed by atoms with Crippen LogP contribution in [0, 0.1) is 11.8 Å². The molecule has 4 nitrogen and oxygen atoms in total. The molecule has 3 saturated heterocycles. The lowest BCUT2D eigenvalue weighted by Crippen LogP contribution is -2.43. The molecular weight excluding hydrogens is 298 g/mol. The van der Waals surface area contributed by atoms with Gasteiger partial charge in [-0.05, 0) is 70.4 Å². The molecule has 2 bridgehead atoms. The molecule has 3 aliphatic rings. The Morgan fingerprint density at radius 1 is 1.08 bits per heavy atom. The summed E-state index contributed by atoms with van der Waals surface area (Å²) in [4.78, 5) is 17.3. The summed E-state index contributed by atoms with van der Waals surface area (Å²) in [5, 5.41) is 3.68. The van der Waals surface area contributed by atoms with Gasteiger partial charge in [-0.3, -0.25) is 4.79 Å². The van der Waals surface area contributed by atoms with Gasteiger partial charge in [-0.1, -0.05) is 13.3 Å². The van der Waals surface area contributed by atoms with Gasteiger partial charge in [0, 0.05) is 38.1 Å². The summed E-state index contributed by atoms with van der Waals surface area (Å²) in [5.74, 6) is 1.85. The molecule has 2 atom stereocenters. The van der Waals surface area contributed by atoms with Gasteiger partial charge < -0.3 is 15.1 Å². The predicted octanol–water partition coefficient (Wildman–Crippen LogP) is 2.88. The van der Waals surface area contributed by atoms with Crippen molar-refractivity contribution in [2.75, 3.05) is 33.2 Å². The Labute approximate surface area is 148 Å².